The van der Waals surface area contributed by atoms with Crippen molar-refractivity contribution in [3.8, 4) is 0 Å². The van der Waals surface area contributed by atoms with Gasteiger partial charge in [-0.25, -0.2) is 4.79 Å². The van der Waals surface area contributed by atoms with Crippen molar-refractivity contribution in [1.29, 1.82) is 0 Å². The molecule has 0 aromatic carbocycles. The number of likely N-dealkylation sites (N-methyl/N-ethyl adjacent to an activating group) is 1. The Labute approximate surface area is 641 Å². The molecule has 0 aromatic heterocycles. The van der Waals surface area contributed by atoms with Crippen LogP contribution in [0.5, 0.6) is 0 Å². The first-order chi connectivity index (χ1) is 51.3. The highest BCUT2D eigenvalue weighted by atomic mass is 16.5. The number of esters is 1. The molecule has 0 aromatic rings. The molecule has 21 atom stereocenters. The fourth-order valence-corrected chi connectivity index (χ4v) is 12.5. The number of primary amides is 2. The second-order valence-corrected chi connectivity index (χ2v) is 29.9. The molecule has 2 aliphatic rings. The maximum atomic E-state index is 15.5. The van der Waals surface area contributed by atoms with E-state index in [1.807, 2.05) is 13.8 Å². The smallest absolute Gasteiger partial charge is 0.329 e. The molecule has 23 N–H and O–H groups in total. The Balaban J connectivity index is 3.14. The zero-order chi connectivity index (χ0) is 84.0. The van der Waals surface area contributed by atoms with Crippen molar-refractivity contribution in [3.63, 3.8) is 0 Å². The minimum Gasteiger partial charge on any atom is -0.481 e. The third-order valence-electron chi connectivity index (χ3n) is 20.6. The molecule has 39 nitrogen and oxygen atoms in total. The fraction of sp³-hybridized carbons (Fsp3) is 0.775. The standard InChI is InChI=1S/C71H123N15O24/c1-32(2)29-44-69(106)85(13)47(23-24-49(74)88)64(101)83-53(40(12)109-14)66(103)80-45(30-51(91)92)70(107)86-28-16-15-21-48(86)71(108)110-58(36(8)34(5)6)54(67(104)81-46(31-87)63(100)78-43(20-18-27-73)62(99)79-44)84-65(102)52(37(9)38(10)59(75)96)82-68(105)57(95)56(94)41(22-25-50(89)90)76-61(98)42(19-17-26-72)77-60(97)39(11)55(93)35(7)33(3)4/h32-48,52-58,87,93-95H,15-31,72-73H2,1-14H3,(H2,74,88)(H2,75,96)(H,76,98)(H,77,97)(H,78,100)(H,79,99)(H,80,103)(H,81,104)(H,82,105)(H,83,101)(H,84,102)(H,89,90)(H,91,92). The monoisotopic (exact) mass is 1570 g/mol. The van der Waals surface area contributed by atoms with Gasteiger partial charge in [0.1, 0.15) is 72.6 Å². The Kier molecular flexibility index (Phi) is 41.4. The van der Waals surface area contributed by atoms with E-state index in [9.17, 15) is 88.2 Å². The number of nitrogens with two attached hydrogens (primary N) is 4. The number of aliphatic hydroxyl groups is 4. The van der Waals surface area contributed by atoms with Crippen LogP contribution in [-0.4, -0.2) is 273 Å². The van der Waals surface area contributed by atoms with Gasteiger partial charge >= 0.3 is 17.9 Å². The Morgan fingerprint density at radius 2 is 1.20 bits per heavy atom. The fourth-order valence-electron chi connectivity index (χ4n) is 12.5. The van der Waals surface area contributed by atoms with Gasteiger partial charge in [-0.2, -0.15) is 0 Å². The number of nitrogens with one attached hydrogen (secondary N) is 9. The SMILES string of the molecule is COC(C)C1NC(=O)C(CCC(N)=O)N(C)C(=O)C(CC(C)C)NC(=O)C(CCCN)NC(=O)C(CO)NC(=O)C(NC(=O)C(NC(=O)C(O)C(O)C(CCC(=O)O)NC(=O)C(CCCN)NC(=O)C(C)C(O)C(C)C(C)C)C(C)C(C)C(N)=O)C(C(C)C(C)C)OC(=O)C2CCCCN2C(=O)C(CC(=O)O)NC1=O. The molecule has 2 heterocycles. The van der Waals surface area contributed by atoms with Crippen LogP contribution in [0.1, 0.15) is 167 Å². The van der Waals surface area contributed by atoms with E-state index >= 15 is 19.2 Å². The van der Waals surface area contributed by atoms with Gasteiger partial charge in [0.15, 0.2) is 6.10 Å². The number of fused-ring (bicyclic) bond motifs is 1. The van der Waals surface area contributed by atoms with E-state index in [4.69, 9.17) is 32.4 Å². The van der Waals surface area contributed by atoms with Crippen molar-refractivity contribution >= 4 is 94.7 Å². The summed E-state index contributed by atoms with van der Waals surface area (Å²) in [6.07, 6.45) is -13.6. The molecule has 0 spiro atoms. The molecule has 0 bridgehead atoms. The lowest BCUT2D eigenvalue weighted by molar-refractivity contribution is -0.168. The number of carbonyl (C=O) groups excluding carboxylic acids is 14. The van der Waals surface area contributed by atoms with Crippen LogP contribution in [0.3, 0.4) is 0 Å². The number of cyclic esters (lactones) is 1. The van der Waals surface area contributed by atoms with E-state index in [-0.39, 0.29) is 82.8 Å². The highest BCUT2D eigenvalue weighted by molar-refractivity contribution is 6.00. The molecule has 13 amide bonds. The van der Waals surface area contributed by atoms with Crippen LogP contribution in [0, 0.1) is 47.3 Å². The number of hydrogen-bond acceptors (Lipinski definition) is 24. The molecule has 110 heavy (non-hydrogen) atoms. The van der Waals surface area contributed by atoms with E-state index in [0.29, 0.717) is 0 Å². The number of hydrogen-bond donors (Lipinski definition) is 19. The maximum Gasteiger partial charge on any atom is 0.329 e. The third-order valence-corrected chi connectivity index (χ3v) is 20.6. The van der Waals surface area contributed by atoms with Crippen molar-refractivity contribution < 1.29 is 117 Å². The number of rotatable bonds is 37. The quantitative estimate of drug-likeness (QED) is 0.0258. The maximum absolute atomic E-state index is 15.5. The van der Waals surface area contributed by atoms with Crippen LogP contribution in [0.25, 0.3) is 0 Å². The zero-order valence-corrected chi connectivity index (χ0v) is 65.6. The van der Waals surface area contributed by atoms with Gasteiger partial charge in [0, 0.05) is 39.5 Å². The van der Waals surface area contributed by atoms with Gasteiger partial charge in [0.2, 0.25) is 70.9 Å². The second-order valence-electron chi connectivity index (χ2n) is 29.9. The van der Waals surface area contributed by atoms with Gasteiger partial charge in [0.25, 0.3) is 5.91 Å². The highest BCUT2D eigenvalue weighted by Crippen LogP contribution is 2.28. The van der Waals surface area contributed by atoms with Crippen molar-refractivity contribution in [2.45, 2.75) is 264 Å². The normalized spacial score (nSPS) is 24.5. The summed E-state index contributed by atoms with van der Waals surface area (Å²) >= 11 is 0. The average molecular weight is 1570 g/mol. The minimum atomic E-state index is -2.73. The summed E-state index contributed by atoms with van der Waals surface area (Å²) in [5.41, 5.74) is 22.9. The summed E-state index contributed by atoms with van der Waals surface area (Å²) in [5.74, 6) is -26.3. The Hall–Kier alpha value is -8.76. The van der Waals surface area contributed by atoms with E-state index in [0.717, 1.165) is 24.0 Å². The summed E-state index contributed by atoms with van der Waals surface area (Å²) in [6.45, 7) is 16.9. The molecule has 21 unspecified atom stereocenters. The number of piperidine rings is 1. The Morgan fingerprint density at radius 1 is 0.609 bits per heavy atom. The third kappa shape index (κ3) is 29.5. The van der Waals surface area contributed by atoms with Gasteiger partial charge in [-0.1, -0.05) is 76.2 Å². The van der Waals surface area contributed by atoms with Crippen molar-refractivity contribution in [3.05, 3.63) is 0 Å². The second kappa shape index (κ2) is 46.8. The average Bonchev–Trinajstić information content (AvgIpc) is 0.845. The molecular formula is C71H123N15O24. The molecule has 2 saturated heterocycles. The Bertz CT molecular complexity index is 3160. The van der Waals surface area contributed by atoms with Gasteiger partial charge in [0.05, 0.1) is 37.2 Å². The summed E-state index contributed by atoms with van der Waals surface area (Å²) in [7, 11) is 2.30. The van der Waals surface area contributed by atoms with E-state index < -0.39 is 266 Å². The van der Waals surface area contributed by atoms with E-state index in [1.54, 1.807) is 34.6 Å². The predicted molar refractivity (Wildman–Crippen MR) is 393 cm³/mol. The van der Waals surface area contributed by atoms with Gasteiger partial charge in [-0.15, -0.1) is 0 Å². The first kappa shape index (κ1) is 97.3. The molecular weight excluding hydrogens is 1450 g/mol. The number of methoxy groups -OCH3 is 1. The Morgan fingerprint density at radius 3 is 1.74 bits per heavy atom. The summed E-state index contributed by atoms with van der Waals surface area (Å²) in [4.78, 5) is 229. The van der Waals surface area contributed by atoms with E-state index in [2.05, 4.69) is 47.9 Å². The van der Waals surface area contributed by atoms with Crippen LogP contribution in [0.2, 0.25) is 0 Å². The lowest BCUT2D eigenvalue weighted by Crippen LogP contribution is -2.65. The largest absolute Gasteiger partial charge is 0.481 e. The van der Waals surface area contributed by atoms with Gasteiger partial charge in [-0.05, 0) is 120 Å². The topological polar surface area (TPSA) is 632 Å². The zero-order valence-electron chi connectivity index (χ0n) is 65.6. The predicted octanol–water partition coefficient (Wildman–Crippen LogP) is -5.30. The number of ether oxygens (including phenoxy) is 2. The van der Waals surface area contributed by atoms with Crippen LogP contribution in [0.15, 0.2) is 0 Å². The summed E-state index contributed by atoms with van der Waals surface area (Å²) < 4.78 is 11.7. The lowest BCUT2D eigenvalue weighted by Gasteiger charge is -2.39. The molecule has 2 fully saturated rings. The minimum absolute atomic E-state index is 0.0123. The highest BCUT2D eigenvalue weighted by Gasteiger charge is 2.48. The summed E-state index contributed by atoms with van der Waals surface area (Å²) in [6, 6.07) is -20.3. The van der Waals surface area contributed by atoms with Gasteiger partial charge < -0.3 is 121 Å². The van der Waals surface area contributed by atoms with Crippen molar-refractivity contribution in [1.82, 2.24) is 57.7 Å². The number of nitrogens with zero attached hydrogens (tertiary/aromatic N) is 2. The van der Waals surface area contributed by atoms with Crippen molar-refractivity contribution in [2.75, 3.05) is 40.4 Å². The van der Waals surface area contributed by atoms with Crippen molar-refractivity contribution in [2.24, 2.45) is 70.3 Å². The number of carboxylic acid groups (broad SMARTS) is 2. The molecule has 626 valence electrons. The molecule has 0 saturated carbocycles. The van der Waals surface area contributed by atoms with E-state index in [1.165, 1.54) is 34.6 Å². The van der Waals surface area contributed by atoms with Crippen LogP contribution in [-0.2, 0) is 86.2 Å². The van der Waals surface area contributed by atoms with Gasteiger partial charge in [-0.3, -0.25) is 71.9 Å². The summed E-state index contributed by atoms with van der Waals surface area (Å²) in [5, 5.41) is 87.4. The number of aliphatic carboxylic acids is 2. The number of carboxylic acids is 2. The van der Waals surface area contributed by atoms with Crippen LogP contribution in [0.4, 0.5) is 0 Å². The number of carbonyl (C=O) groups is 16. The molecule has 39 heteroatoms. The first-order valence-electron chi connectivity index (χ1n) is 37.4. The molecule has 2 aliphatic heterocycles. The molecule has 0 aliphatic carbocycles. The lowest BCUT2D eigenvalue weighted by atomic mass is 9.85. The van der Waals surface area contributed by atoms with Crippen LogP contribution >= 0.6 is 0 Å². The van der Waals surface area contributed by atoms with Crippen LogP contribution < -0.4 is 70.8 Å². The molecule has 2 rings (SSSR count). The molecule has 0 radical (unpaired) electrons. The number of amides is 13. The number of aliphatic hydroxyl groups excluding tert-OH is 4. The first-order valence-corrected chi connectivity index (χ1v) is 37.4.